The smallest absolute Gasteiger partial charge is 0.137 e. The summed E-state index contributed by atoms with van der Waals surface area (Å²) in [7, 11) is 0. The van der Waals surface area contributed by atoms with E-state index in [4.69, 9.17) is 4.74 Å². The number of halogens is 1. The molecule has 0 unspecified atom stereocenters. The second-order valence-corrected chi connectivity index (χ2v) is 3.57. The molecule has 0 radical (unpaired) electrons. The van der Waals surface area contributed by atoms with E-state index in [1.807, 2.05) is 18.2 Å². The molecule has 0 aromatic heterocycles. The molecule has 2 heteroatoms. The van der Waals surface area contributed by atoms with Gasteiger partial charge in [-0.25, -0.2) is 0 Å². The van der Waals surface area contributed by atoms with Crippen LogP contribution in [0.1, 0.15) is 5.56 Å². The number of benzene rings is 1. The summed E-state index contributed by atoms with van der Waals surface area (Å²) in [6.07, 6.45) is 5.15. The van der Waals surface area contributed by atoms with Crippen molar-refractivity contribution in [1.29, 1.82) is 0 Å². The molecule has 1 aliphatic heterocycles. The third kappa shape index (κ3) is 1.39. The number of rotatable bonds is 0. The summed E-state index contributed by atoms with van der Waals surface area (Å²) in [4.78, 5) is 0. The molecular formula is C10H9BrO. The number of ether oxygens (including phenoxy) is 1. The Labute approximate surface area is 80.2 Å². The second kappa shape index (κ2) is 3.31. The zero-order chi connectivity index (χ0) is 8.39. The Morgan fingerprint density at radius 3 is 3.08 bits per heavy atom. The van der Waals surface area contributed by atoms with Crippen LogP contribution in [0.5, 0.6) is 5.75 Å². The molecule has 2 rings (SSSR count). The minimum absolute atomic E-state index is 0.676. The first-order valence-corrected chi connectivity index (χ1v) is 4.72. The van der Waals surface area contributed by atoms with E-state index >= 15 is 0 Å². The number of para-hydroxylation sites is 1. The van der Waals surface area contributed by atoms with Crippen LogP contribution < -0.4 is 4.74 Å². The summed E-state index contributed by atoms with van der Waals surface area (Å²) in [5, 5.41) is 0. The first-order chi connectivity index (χ1) is 5.88. The molecule has 1 aliphatic rings. The van der Waals surface area contributed by atoms with Crippen LogP contribution in [0.3, 0.4) is 0 Å². The van der Waals surface area contributed by atoms with Crippen molar-refractivity contribution < 1.29 is 4.74 Å². The van der Waals surface area contributed by atoms with Gasteiger partial charge in [-0.05, 0) is 34.0 Å². The SMILES string of the molecule is Brc1cccc2c1OCC=CC2. The van der Waals surface area contributed by atoms with Crippen LogP contribution in [0.2, 0.25) is 0 Å². The quantitative estimate of drug-likeness (QED) is 0.617. The van der Waals surface area contributed by atoms with Gasteiger partial charge in [0.05, 0.1) is 4.47 Å². The molecule has 0 atom stereocenters. The first-order valence-electron chi connectivity index (χ1n) is 3.93. The van der Waals surface area contributed by atoms with E-state index in [1.54, 1.807) is 0 Å². The van der Waals surface area contributed by atoms with E-state index in [2.05, 4.69) is 28.1 Å². The monoisotopic (exact) mass is 224 g/mol. The molecule has 0 amide bonds. The lowest BCUT2D eigenvalue weighted by atomic mass is 10.1. The molecule has 1 heterocycles. The number of hydrogen-bond acceptors (Lipinski definition) is 1. The highest BCUT2D eigenvalue weighted by Gasteiger charge is 2.07. The predicted octanol–water partition coefficient (Wildman–Crippen LogP) is 2.94. The first kappa shape index (κ1) is 7.87. The predicted molar refractivity (Wildman–Crippen MR) is 52.5 cm³/mol. The fourth-order valence-electron chi connectivity index (χ4n) is 1.29. The minimum atomic E-state index is 0.676. The molecule has 0 saturated heterocycles. The summed E-state index contributed by atoms with van der Waals surface area (Å²) in [6.45, 7) is 0.676. The molecule has 0 aliphatic carbocycles. The standard InChI is InChI=1S/C10H9BrO/c11-9-6-3-5-8-4-1-2-7-12-10(8)9/h1-3,5-6H,4,7H2. The fourth-order valence-corrected chi connectivity index (χ4v) is 1.81. The van der Waals surface area contributed by atoms with Crippen molar-refractivity contribution in [2.75, 3.05) is 6.61 Å². The summed E-state index contributed by atoms with van der Waals surface area (Å²) in [6, 6.07) is 6.13. The van der Waals surface area contributed by atoms with Gasteiger partial charge in [0.15, 0.2) is 0 Å². The summed E-state index contributed by atoms with van der Waals surface area (Å²) < 4.78 is 6.59. The van der Waals surface area contributed by atoms with E-state index in [-0.39, 0.29) is 0 Å². The molecule has 0 fully saturated rings. The van der Waals surface area contributed by atoms with E-state index in [0.717, 1.165) is 16.6 Å². The third-order valence-electron chi connectivity index (χ3n) is 1.88. The third-order valence-corrected chi connectivity index (χ3v) is 2.50. The van der Waals surface area contributed by atoms with Crippen LogP contribution in [0.25, 0.3) is 0 Å². The molecular weight excluding hydrogens is 216 g/mol. The van der Waals surface area contributed by atoms with Gasteiger partial charge >= 0.3 is 0 Å². The van der Waals surface area contributed by atoms with Gasteiger partial charge in [0.25, 0.3) is 0 Å². The molecule has 0 bridgehead atoms. The topological polar surface area (TPSA) is 9.23 Å². The van der Waals surface area contributed by atoms with Crippen LogP contribution in [-0.4, -0.2) is 6.61 Å². The zero-order valence-electron chi connectivity index (χ0n) is 6.59. The van der Waals surface area contributed by atoms with E-state index in [9.17, 15) is 0 Å². The molecule has 62 valence electrons. The molecule has 0 N–H and O–H groups in total. The maximum atomic E-state index is 5.55. The van der Waals surface area contributed by atoms with Gasteiger partial charge in [-0.1, -0.05) is 24.3 Å². The minimum Gasteiger partial charge on any atom is -0.488 e. The molecule has 0 spiro atoms. The molecule has 0 saturated carbocycles. The van der Waals surface area contributed by atoms with Crippen molar-refractivity contribution in [2.45, 2.75) is 6.42 Å². The van der Waals surface area contributed by atoms with Crippen LogP contribution in [0, 0.1) is 0 Å². The molecule has 12 heavy (non-hydrogen) atoms. The van der Waals surface area contributed by atoms with Gasteiger partial charge in [-0.15, -0.1) is 0 Å². The lowest BCUT2D eigenvalue weighted by Gasteiger charge is -2.07. The fraction of sp³-hybridized carbons (Fsp3) is 0.200. The van der Waals surface area contributed by atoms with Crippen molar-refractivity contribution in [3.63, 3.8) is 0 Å². The Hall–Kier alpha value is -0.760. The van der Waals surface area contributed by atoms with Crippen LogP contribution in [-0.2, 0) is 6.42 Å². The van der Waals surface area contributed by atoms with Gasteiger partial charge in [0, 0.05) is 0 Å². The number of hydrogen-bond donors (Lipinski definition) is 0. The Morgan fingerprint density at radius 2 is 2.17 bits per heavy atom. The average Bonchev–Trinajstić information content (AvgIpc) is 2.30. The van der Waals surface area contributed by atoms with Crippen LogP contribution in [0.4, 0.5) is 0 Å². The Bertz CT molecular complexity index is 318. The normalized spacial score (nSPS) is 14.8. The number of fused-ring (bicyclic) bond motifs is 1. The summed E-state index contributed by atoms with van der Waals surface area (Å²) in [5.41, 5.74) is 1.25. The van der Waals surface area contributed by atoms with Crippen molar-refractivity contribution in [3.05, 3.63) is 40.4 Å². The highest BCUT2D eigenvalue weighted by Crippen LogP contribution is 2.30. The van der Waals surface area contributed by atoms with E-state index in [0.29, 0.717) is 6.61 Å². The molecule has 1 aromatic carbocycles. The van der Waals surface area contributed by atoms with Crippen molar-refractivity contribution in [3.8, 4) is 5.75 Å². The van der Waals surface area contributed by atoms with Gasteiger partial charge in [-0.3, -0.25) is 0 Å². The second-order valence-electron chi connectivity index (χ2n) is 2.71. The number of allylic oxidation sites excluding steroid dienone is 1. The van der Waals surface area contributed by atoms with Crippen molar-refractivity contribution >= 4 is 15.9 Å². The highest BCUT2D eigenvalue weighted by atomic mass is 79.9. The van der Waals surface area contributed by atoms with Crippen molar-refractivity contribution in [2.24, 2.45) is 0 Å². The van der Waals surface area contributed by atoms with Gasteiger partial charge < -0.3 is 4.74 Å². The summed E-state index contributed by atoms with van der Waals surface area (Å²) >= 11 is 3.46. The average molecular weight is 225 g/mol. The van der Waals surface area contributed by atoms with E-state index < -0.39 is 0 Å². The zero-order valence-corrected chi connectivity index (χ0v) is 8.17. The lowest BCUT2D eigenvalue weighted by Crippen LogP contribution is -1.94. The lowest BCUT2D eigenvalue weighted by molar-refractivity contribution is 0.360. The van der Waals surface area contributed by atoms with Crippen LogP contribution in [0.15, 0.2) is 34.8 Å². The van der Waals surface area contributed by atoms with E-state index in [1.165, 1.54) is 5.56 Å². The largest absolute Gasteiger partial charge is 0.488 e. The Balaban J connectivity index is 2.47. The highest BCUT2D eigenvalue weighted by molar-refractivity contribution is 9.10. The van der Waals surface area contributed by atoms with Gasteiger partial charge in [0.1, 0.15) is 12.4 Å². The molecule has 1 nitrogen and oxygen atoms in total. The molecule has 1 aromatic rings. The summed E-state index contributed by atoms with van der Waals surface area (Å²) in [5.74, 6) is 0.988. The van der Waals surface area contributed by atoms with Gasteiger partial charge in [-0.2, -0.15) is 0 Å². The maximum absolute atomic E-state index is 5.55. The maximum Gasteiger partial charge on any atom is 0.137 e. The van der Waals surface area contributed by atoms with Crippen LogP contribution >= 0.6 is 15.9 Å². The van der Waals surface area contributed by atoms with Crippen molar-refractivity contribution in [1.82, 2.24) is 0 Å². The van der Waals surface area contributed by atoms with Gasteiger partial charge in [0.2, 0.25) is 0 Å². The Morgan fingerprint density at radius 1 is 1.25 bits per heavy atom. The Kier molecular flexibility index (Phi) is 2.17.